The third kappa shape index (κ3) is 1.73. The smallest absolute Gasteiger partial charge is 0.230 e. The highest BCUT2D eigenvalue weighted by Gasteiger charge is 2.45. The number of imidazole rings is 1. The average Bonchev–Trinajstić information content (AvgIpc) is 3.15. The van der Waals surface area contributed by atoms with Crippen LogP contribution in [0.1, 0.15) is 43.9 Å². The minimum Gasteiger partial charge on any atom is -0.339 e. The largest absolute Gasteiger partial charge is 0.339 e. The first kappa shape index (κ1) is 12.3. The molecule has 2 aliphatic rings. The second kappa shape index (κ2) is 4.63. The van der Waals surface area contributed by atoms with E-state index in [2.05, 4.69) is 20.1 Å². The predicted octanol–water partition coefficient (Wildman–Crippen LogP) is 3.07. The van der Waals surface area contributed by atoms with Gasteiger partial charge in [-0.15, -0.1) is 0 Å². The van der Waals surface area contributed by atoms with Crippen LogP contribution < -0.4 is 0 Å². The molecule has 0 amide bonds. The summed E-state index contributed by atoms with van der Waals surface area (Å²) in [4.78, 5) is 13.1. The Hall–Kier alpha value is -2.24. The maximum absolute atomic E-state index is 5.57. The van der Waals surface area contributed by atoms with Crippen LogP contribution in [-0.2, 0) is 0 Å². The molecule has 0 saturated heterocycles. The first-order valence-corrected chi connectivity index (χ1v) is 8.01. The molecule has 112 valence electrons. The fraction of sp³-hybridized carbons (Fsp3) is 0.500. The summed E-state index contributed by atoms with van der Waals surface area (Å²) in [6, 6.07) is 0. The number of hydrogen-bond donors (Lipinski definition) is 0. The summed E-state index contributed by atoms with van der Waals surface area (Å²) in [7, 11) is 0. The lowest BCUT2D eigenvalue weighted by atomic mass is 9.58. The lowest BCUT2D eigenvalue weighted by Gasteiger charge is -2.46. The van der Waals surface area contributed by atoms with Crippen LogP contribution in [0.3, 0.4) is 0 Å². The van der Waals surface area contributed by atoms with E-state index in [1.54, 1.807) is 18.6 Å². The van der Waals surface area contributed by atoms with Gasteiger partial charge in [-0.2, -0.15) is 4.98 Å². The molecule has 0 aromatic carbocycles. The molecule has 3 heterocycles. The maximum atomic E-state index is 5.57. The second-order valence-corrected chi connectivity index (χ2v) is 6.45. The lowest BCUT2D eigenvalue weighted by molar-refractivity contribution is 0.0601. The Kier molecular flexibility index (Phi) is 2.59. The van der Waals surface area contributed by atoms with Gasteiger partial charge in [-0.3, -0.25) is 9.38 Å². The Bertz CT molecular complexity index is 823. The molecule has 3 aromatic rings. The van der Waals surface area contributed by atoms with Crippen molar-refractivity contribution in [2.45, 2.75) is 38.0 Å². The Morgan fingerprint density at radius 1 is 1.18 bits per heavy atom. The van der Waals surface area contributed by atoms with Crippen LogP contribution in [0.2, 0.25) is 0 Å². The van der Waals surface area contributed by atoms with Gasteiger partial charge in [0.15, 0.2) is 5.65 Å². The van der Waals surface area contributed by atoms with E-state index in [1.165, 1.54) is 32.1 Å². The van der Waals surface area contributed by atoms with Crippen molar-refractivity contribution in [1.82, 2.24) is 24.5 Å². The third-order valence-corrected chi connectivity index (χ3v) is 5.35. The fourth-order valence-electron chi connectivity index (χ4n) is 4.15. The molecule has 0 aliphatic heterocycles. The van der Waals surface area contributed by atoms with Gasteiger partial charge in [0.2, 0.25) is 11.7 Å². The molecule has 0 unspecified atom stereocenters. The highest BCUT2D eigenvalue weighted by Crippen LogP contribution is 2.53. The molecule has 3 aromatic heterocycles. The van der Waals surface area contributed by atoms with Crippen LogP contribution in [0.5, 0.6) is 0 Å². The molecule has 6 nitrogen and oxygen atoms in total. The van der Waals surface area contributed by atoms with Gasteiger partial charge in [0.05, 0.1) is 12.4 Å². The molecule has 5 rings (SSSR count). The van der Waals surface area contributed by atoms with E-state index < -0.39 is 0 Å². The van der Waals surface area contributed by atoms with Gasteiger partial charge in [-0.25, -0.2) is 4.98 Å². The van der Waals surface area contributed by atoms with Gasteiger partial charge < -0.3 is 4.52 Å². The highest BCUT2D eigenvalue weighted by atomic mass is 16.5. The van der Waals surface area contributed by atoms with E-state index in [9.17, 15) is 0 Å². The van der Waals surface area contributed by atoms with Gasteiger partial charge in [0.1, 0.15) is 5.69 Å². The van der Waals surface area contributed by atoms with Gasteiger partial charge in [-0.05, 0) is 24.7 Å². The summed E-state index contributed by atoms with van der Waals surface area (Å²) in [5, 5.41) is 4.18. The zero-order chi connectivity index (χ0) is 14.5. The molecule has 0 bridgehead atoms. The molecule has 2 saturated carbocycles. The van der Waals surface area contributed by atoms with Crippen LogP contribution in [0, 0.1) is 11.8 Å². The Morgan fingerprint density at radius 3 is 3.09 bits per heavy atom. The zero-order valence-corrected chi connectivity index (χ0v) is 12.2. The van der Waals surface area contributed by atoms with Gasteiger partial charge in [0, 0.05) is 18.3 Å². The number of nitrogens with zero attached hydrogens (tertiary/aromatic N) is 5. The van der Waals surface area contributed by atoms with Crippen molar-refractivity contribution < 1.29 is 4.52 Å². The monoisotopic (exact) mass is 295 g/mol. The topological polar surface area (TPSA) is 69.1 Å². The van der Waals surface area contributed by atoms with Crippen LogP contribution in [0.4, 0.5) is 0 Å². The standard InChI is InChI=1S/C16H17N5O/c1-2-4-11-10(3-1)7-12(11)16-19-15(20-22-16)13-8-18-14-9-17-5-6-21(13)14/h5-6,8-12H,1-4,7H2/t10-,11-,12+/m1/s1. The number of aromatic nitrogens is 5. The second-order valence-electron chi connectivity index (χ2n) is 6.45. The molecule has 3 atom stereocenters. The first-order valence-electron chi connectivity index (χ1n) is 8.01. The van der Waals surface area contributed by atoms with Crippen molar-refractivity contribution in [3.8, 4) is 11.5 Å². The van der Waals surface area contributed by atoms with Crippen molar-refractivity contribution >= 4 is 5.65 Å². The summed E-state index contributed by atoms with van der Waals surface area (Å²) < 4.78 is 7.51. The Labute approximate surface area is 127 Å². The molecular weight excluding hydrogens is 278 g/mol. The summed E-state index contributed by atoms with van der Waals surface area (Å²) in [5.41, 5.74) is 1.65. The normalized spacial score (nSPS) is 27.5. The SMILES string of the molecule is c1cn2c(-c3noc([C@H]4C[C@H]5CCCC[C@H]54)n3)cnc2cn1. The maximum Gasteiger partial charge on any atom is 0.230 e. The van der Waals surface area contributed by atoms with Gasteiger partial charge in [0.25, 0.3) is 0 Å². The molecular formula is C16H17N5O. The molecule has 22 heavy (non-hydrogen) atoms. The summed E-state index contributed by atoms with van der Waals surface area (Å²) in [6.45, 7) is 0. The van der Waals surface area contributed by atoms with E-state index in [4.69, 9.17) is 4.52 Å². The third-order valence-electron chi connectivity index (χ3n) is 5.35. The van der Waals surface area contributed by atoms with Crippen molar-refractivity contribution in [2.24, 2.45) is 11.8 Å². The van der Waals surface area contributed by atoms with Crippen molar-refractivity contribution in [2.75, 3.05) is 0 Å². The van der Waals surface area contributed by atoms with E-state index in [0.29, 0.717) is 11.7 Å². The van der Waals surface area contributed by atoms with Gasteiger partial charge in [-0.1, -0.05) is 24.4 Å². The number of fused-ring (bicyclic) bond motifs is 2. The summed E-state index contributed by atoms with van der Waals surface area (Å²) >= 11 is 0. The minimum absolute atomic E-state index is 0.465. The molecule has 0 radical (unpaired) electrons. The van der Waals surface area contributed by atoms with Crippen LogP contribution in [-0.4, -0.2) is 24.5 Å². The molecule has 0 N–H and O–H groups in total. The van der Waals surface area contributed by atoms with E-state index in [1.807, 2.05) is 10.6 Å². The summed E-state index contributed by atoms with van der Waals surface area (Å²) in [5.74, 6) is 3.53. The predicted molar refractivity (Wildman–Crippen MR) is 79.1 cm³/mol. The minimum atomic E-state index is 0.465. The zero-order valence-electron chi connectivity index (χ0n) is 12.2. The van der Waals surface area contributed by atoms with Crippen molar-refractivity contribution in [3.05, 3.63) is 30.7 Å². The highest BCUT2D eigenvalue weighted by molar-refractivity contribution is 5.55. The lowest BCUT2D eigenvalue weighted by Crippen LogP contribution is -2.37. The first-order chi connectivity index (χ1) is 10.9. The van der Waals surface area contributed by atoms with Crippen LogP contribution in [0.15, 0.2) is 29.3 Å². The average molecular weight is 295 g/mol. The van der Waals surface area contributed by atoms with Crippen LogP contribution >= 0.6 is 0 Å². The Balaban J connectivity index is 1.47. The molecule has 2 aliphatic carbocycles. The molecule has 2 fully saturated rings. The van der Waals surface area contributed by atoms with Crippen molar-refractivity contribution in [1.29, 1.82) is 0 Å². The van der Waals surface area contributed by atoms with E-state index >= 15 is 0 Å². The number of rotatable bonds is 2. The summed E-state index contributed by atoms with van der Waals surface area (Å²) in [6.07, 6.45) is 13.7. The van der Waals surface area contributed by atoms with Crippen molar-refractivity contribution in [3.63, 3.8) is 0 Å². The fourth-order valence-corrected chi connectivity index (χ4v) is 4.15. The molecule has 0 spiro atoms. The van der Waals surface area contributed by atoms with Gasteiger partial charge >= 0.3 is 0 Å². The van der Waals surface area contributed by atoms with Crippen LogP contribution in [0.25, 0.3) is 17.2 Å². The Morgan fingerprint density at radius 2 is 2.14 bits per heavy atom. The van der Waals surface area contributed by atoms with E-state index in [-0.39, 0.29) is 0 Å². The number of hydrogen-bond acceptors (Lipinski definition) is 5. The molecule has 6 heteroatoms. The quantitative estimate of drug-likeness (QED) is 0.726. The van der Waals surface area contributed by atoms with E-state index in [0.717, 1.165) is 29.1 Å².